The zero-order chi connectivity index (χ0) is 22.1. The highest BCUT2D eigenvalue weighted by Gasteiger charge is 2.29. The van der Waals surface area contributed by atoms with Gasteiger partial charge in [0.15, 0.2) is 5.76 Å². The number of amides is 2. The maximum Gasteiger partial charge on any atom is 0.289 e. The van der Waals surface area contributed by atoms with Crippen LogP contribution in [0.4, 0.5) is 0 Å². The van der Waals surface area contributed by atoms with Crippen LogP contribution in [-0.2, 0) is 11.2 Å². The minimum atomic E-state index is -0.0805. The molecule has 0 N–H and O–H groups in total. The summed E-state index contributed by atoms with van der Waals surface area (Å²) < 4.78 is 5.74. The fourth-order valence-corrected chi connectivity index (χ4v) is 4.96. The predicted molar refractivity (Wildman–Crippen MR) is 123 cm³/mol. The van der Waals surface area contributed by atoms with Crippen LogP contribution >= 0.6 is 0 Å². The molecule has 0 bridgehead atoms. The second-order valence-corrected chi connectivity index (χ2v) is 8.83. The van der Waals surface area contributed by atoms with Crippen molar-refractivity contribution in [3.63, 3.8) is 0 Å². The summed E-state index contributed by atoms with van der Waals surface area (Å²) in [6.45, 7) is 2.96. The average Bonchev–Trinajstić information content (AvgIpc) is 3.27. The molecule has 6 heteroatoms. The number of piperazine rings is 1. The van der Waals surface area contributed by atoms with Crippen LogP contribution in [-0.4, -0.2) is 66.3 Å². The van der Waals surface area contributed by atoms with E-state index in [0.717, 1.165) is 30.2 Å². The molecule has 1 saturated heterocycles. The highest BCUT2D eigenvalue weighted by molar-refractivity contribution is 5.96. The molecule has 2 heterocycles. The first-order chi connectivity index (χ1) is 15.6. The van der Waals surface area contributed by atoms with Gasteiger partial charge in [0.1, 0.15) is 5.58 Å². The van der Waals surface area contributed by atoms with E-state index in [9.17, 15) is 9.59 Å². The number of hydrogen-bond acceptors (Lipinski definition) is 4. The first kappa shape index (κ1) is 20.8. The van der Waals surface area contributed by atoms with Crippen molar-refractivity contribution in [2.75, 3.05) is 39.8 Å². The van der Waals surface area contributed by atoms with Gasteiger partial charge in [0.25, 0.3) is 5.91 Å². The van der Waals surface area contributed by atoms with E-state index in [1.165, 1.54) is 11.1 Å². The molecule has 1 aliphatic carbocycles. The van der Waals surface area contributed by atoms with Crippen molar-refractivity contribution in [3.8, 4) is 0 Å². The van der Waals surface area contributed by atoms with E-state index in [1.54, 1.807) is 0 Å². The Bertz CT molecular complexity index is 1100. The minimum Gasteiger partial charge on any atom is -0.451 e. The monoisotopic (exact) mass is 431 g/mol. The number of para-hydroxylation sites is 1. The van der Waals surface area contributed by atoms with Crippen molar-refractivity contribution in [2.45, 2.75) is 25.3 Å². The van der Waals surface area contributed by atoms with Gasteiger partial charge in [-0.2, -0.15) is 0 Å². The molecule has 1 aliphatic heterocycles. The second kappa shape index (κ2) is 8.79. The Morgan fingerprint density at radius 2 is 1.78 bits per heavy atom. The highest BCUT2D eigenvalue weighted by atomic mass is 16.3. The zero-order valence-electron chi connectivity index (χ0n) is 18.5. The van der Waals surface area contributed by atoms with Gasteiger partial charge in [-0.25, -0.2) is 0 Å². The number of rotatable bonds is 4. The molecule has 1 atom stereocenters. The summed E-state index contributed by atoms with van der Waals surface area (Å²) in [6, 6.07) is 18.1. The molecule has 1 aromatic heterocycles. The molecule has 2 aromatic carbocycles. The van der Waals surface area contributed by atoms with Gasteiger partial charge < -0.3 is 14.2 Å². The summed E-state index contributed by atoms with van der Waals surface area (Å²) >= 11 is 0. The molecule has 0 saturated carbocycles. The number of likely N-dealkylation sites (N-methyl/N-ethyl adjacent to an activating group) is 1. The normalized spacial score (nSPS) is 19.0. The lowest BCUT2D eigenvalue weighted by Crippen LogP contribution is -2.51. The van der Waals surface area contributed by atoms with Crippen LogP contribution < -0.4 is 0 Å². The van der Waals surface area contributed by atoms with Crippen molar-refractivity contribution >= 4 is 22.8 Å². The highest BCUT2D eigenvalue weighted by Crippen LogP contribution is 2.33. The van der Waals surface area contributed by atoms with E-state index in [2.05, 4.69) is 29.2 Å². The molecule has 0 spiro atoms. The van der Waals surface area contributed by atoms with Crippen LogP contribution in [0.1, 0.15) is 40.6 Å². The molecule has 1 fully saturated rings. The number of hydrogen-bond donors (Lipinski definition) is 0. The lowest BCUT2D eigenvalue weighted by atomic mass is 9.87. The first-order valence-corrected chi connectivity index (χ1v) is 11.4. The Morgan fingerprint density at radius 3 is 2.59 bits per heavy atom. The molecule has 1 unspecified atom stereocenters. The van der Waals surface area contributed by atoms with Gasteiger partial charge in [0.05, 0.1) is 12.6 Å². The third-order valence-electron chi connectivity index (χ3n) is 6.85. The van der Waals surface area contributed by atoms with E-state index in [4.69, 9.17) is 4.42 Å². The quantitative estimate of drug-likeness (QED) is 0.632. The SMILES string of the molecule is CN(C(=O)CN1CCN(C(=O)c2cc3ccccc3o2)CC1)C1CCCc2ccccc21. The van der Waals surface area contributed by atoms with Crippen molar-refractivity contribution in [3.05, 3.63) is 71.5 Å². The van der Waals surface area contributed by atoms with E-state index < -0.39 is 0 Å². The van der Waals surface area contributed by atoms with Crippen molar-refractivity contribution in [2.24, 2.45) is 0 Å². The Morgan fingerprint density at radius 1 is 1.03 bits per heavy atom. The third kappa shape index (κ3) is 4.02. The summed E-state index contributed by atoms with van der Waals surface area (Å²) in [5, 5.41) is 0.937. The molecule has 2 amide bonds. The second-order valence-electron chi connectivity index (χ2n) is 8.83. The van der Waals surface area contributed by atoms with Crippen molar-refractivity contribution in [1.82, 2.24) is 14.7 Å². The summed E-state index contributed by atoms with van der Waals surface area (Å²) in [6.07, 6.45) is 3.22. The summed E-state index contributed by atoms with van der Waals surface area (Å²) in [5.41, 5.74) is 3.38. The lowest BCUT2D eigenvalue weighted by Gasteiger charge is -2.37. The number of furan rings is 1. The Balaban J connectivity index is 1.17. The smallest absolute Gasteiger partial charge is 0.289 e. The Labute approximate surface area is 188 Å². The third-order valence-corrected chi connectivity index (χ3v) is 6.85. The van der Waals surface area contributed by atoms with Crippen LogP contribution in [0.2, 0.25) is 0 Å². The maximum atomic E-state index is 13.0. The fraction of sp³-hybridized carbons (Fsp3) is 0.385. The van der Waals surface area contributed by atoms with Gasteiger partial charge in [-0.05, 0) is 42.5 Å². The predicted octanol–water partition coefficient (Wildman–Crippen LogP) is 3.73. The largest absolute Gasteiger partial charge is 0.451 e. The van der Waals surface area contributed by atoms with Crippen LogP contribution in [0, 0.1) is 0 Å². The standard InChI is InChI=1S/C26H29N3O3/c1-27(22-11-6-9-19-7-2-4-10-21(19)22)25(30)18-28-13-15-29(16-14-28)26(31)24-17-20-8-3-5-12-23(20)32-24/h2-5,7-8,10,12,17,22H,6,9,11,13-16,18H2,1H3. The van der Waals surface area contributed by atoms with E-state index >= 15 is 0 Å². The molecular weight excluding hydrogens is 402 g/mol. The van der Waals surface area contributed by atoms with Gasteiger partial charge >= 0.3 is 0 Å². The van der Waals surface area contributed by atoms with Gasteiger partial charge in [-0.15, -0.1) is 0 Å². The minimum absolute atomic E-state index is 0.0805. The zero-order valence-corrected chi connectivity index (χ0v) is 18.5. The Kier molecular flexibility index (Phi) is 5.70. The number of carbonyl (C=O) groups excluding carboxylic acids is 2. The van der Waals surface area contributed by atoms with Gasteiger partial charge in [-0.3, -0.25) is 14.5 Å². The van der Waals surface area contributed by atoms with E-state index in [0.29, 0.717) is 38.5 Å². The number of benzene rings is 2. The first-order valence-electron chi connectivity index (χ1n) is 11.4. The Hall–Kier alpha value is -3.12. The molecule has 2 aliphatic rings. The van der Waals surface area contributed by atoms with Crippen molar-refractivity contribution < 1.29 is 14.0 Å². The number of carbonyl (C=O) groups is 2. The van der Waals surface area contributed by atoms with Crippen LogP contribution in [0.5, 0.6) is 0 Å². The van der Waals surface area contributed by atoms with Gasteiger partial charge in [0.2, 0.25) is 5.91 Å². The summed E-state index contributed by atoms with van der Waals surface area (Å²) in [7, 11) is 1.93. The summed E-state index contributed by atoms with van der Waals surface area (Å²) in [4.78, 5) is 31.8. The van der Waals surface area contributed by atoms with E-state index in [-0.39, 0.29) is 17.9 Å². The molecule has 3 aromatic rings. The van der Waals surface area contributed by atoms with Gasteiger partial charge in [0, 0.05) is 38.6 Å². The molecule has 6 nitrogen and oxygen atoms in total. The average molecular weight is 432 g/mol. The molecule has 5 rings (SSSR count). The molecule has 32 heavy (non-hydrogen) atoms. The molecule has 0 radical (unpaired) electrons. The van der Waals surface area contributed by atoms with Crippen LogP contribution in [0.25, 0.3) is 11.0 Å². The van der Waals surface area contributed by atoms with Gasteiger partial charge in [-0.1, -0.05) is 42.5 Å². The maximum absolute atomic E-state index is 13.0. The topological polar surface area (TPSA) is 57.0 Å². The summed E-state index contributed by atoms with van der Waals surface area (Å²) in [5.74, 6) is 0.443. The molecule has 166 valence electrons. The van der Waals surface area contributed by atoms with Crippen molar-refractivity contribution in [1.29, 1.82) is 0 Å². The lowest BCUT2D eigenvalue weighted by molar-refractivity contribution is -0.134. The van der Waals surface area contributed by atoms with Crippen LogP contribution in [0.15, 0.2) is 59.0 Å². The van der Waals surface area contributed by atoms with E-state index in [1.807, 2.05) is 47.2 Å². The molecular formula is C26H29N3O3. The number of fused-ring (bicyclic) bond motifs is 2. The number of nitrogens with zero attached hydrogens (tertiary/aromatic N) is 3. The number of aryl methyl sites for hydroxylation is 1. The van der Waals surface area contributed by atoms with Crippen LogP contribution in [0.3, 0.4) is 0 Å². The fourth-order valence-electron chi connectivity index (χ4n) is 4.96.